The van der Waals surface area contributed by atoms with Gasteiger partial charge in [-0.3, -0.25) is 0 Å². The number of aromatic nitrogens is 1. The standard InChI is InChI=1S/C15H27N3S/c1-4-6-13-7-5-9-18(10-8-13)15-17-12(3)14(19-15)11(2)16/h11,13H,4-10,16H2,1-3H3. The number of hydrogen-bond acceptors (Lipinski definition) is 4. The largest absolute Gasteiger partial charge is 0.348 e. The minimum atomic E-state index is 0.103. The summed E-state index contributed by atoms with van der Waals surface area (Å²) in [5, 5.41) is 1.18. The van der Waals surface area contributed by atoms with Gasteiger partial charge < -0.3 is 10.6 Å². The third-order valence-corrected chi connectivity index (χ3v) is 5.47. The summed E-state index contributed by atoms with van der Waals surface area (Å²) >= 11 is 1.79. The fraction of sp³-hybridized carbons (Fsp3) is 0.800. The molecule has 1 aliphatic rings. The van der Waals surface area contributed by atoms with Crippen LogP contribution in [0.4, 0.5) is 5.13 Å². The average Bonchev–Trinajstić information content (AvgIpc) is 2.60. The molecular formula is C15H27N3S. The molecular weight excluding hydrogens is 254 g/mol. The molecule has 1 fully saturated rings. The highest BCUT2D eigenvalue weighted by Crippen LogP contribution is 2.32. The van der Waals surface area contributed by atoms with Crippen molar-refractivity contribution in [3.8, 4) is 0 Å². The summed E-state index contributed by atoms with van der Waals surface area (Å²) in [6.07, 6.45) is 6.71. The van der Waals surface area contributed by atoms with Crippen LogP contribution < -0.4 is 10.6 Å². The zero-order chi connectivity index (χ0) is 13.8. The molecule has 0 spiro atoms. The molecule has 0 amide bonds. The first-order valence-corrected chi connectivity index (χ1v) is 8.41. The van der Waals surface area contributed by atoms with Crippen molar-refractivity contribution in [3.05, 3.63) is 10.6 Å². The molecule has 1 aromatic rings. The maximum Gasteiger partial charge on any atom is 0.185 e. The quantitative estimate of drug-likeness (QED) is 0.910. The number of anilines is 1. The highest BCUT2D eigenvalue weighted by molar-refractivity contribution is 7.15. The van der Waals surface area contributed by atoms with E-state index in [2.05, 4.69) is 18.7 Å². The maximum atomic E-state index is 6.00. The van der Waals surface area contributed by atoms with E-state index in [1.807, 2.05) is 6.92 Å². The van der Waals surface area contributed by atoms with Gasteiger partial charge in [-0.2, -0.15) is 0 Å². The van der Waals surface area contributed by atoms with Crippen molar-refractivity contribution in [2.24, 2.45) is 11.7 Å². The molecule has 0 radical (unpaired) electrons. The van der Waals surface area contributed by atoms with Crippen LogP contribution in [0.25, 0.3) is 0 Å². The lowest BCUT2D eigenvalue weighted by Crippen LogP contribution is -2.24. The molecule has 2 rings (SSSR count). The zero-order valence-corrected chi connectivity index (χ0v) is 13.3. The van der Waals surface area contributed by atoms with Crippen LogP contribution in [0.5, 0.6) is 0 Å². The molecule has 2 unspecified atom stereocenters. The molecule has 1 aliphatic heterocycles. The molecule has 0 bridgehead atoms. The third-order valence-electron chi connectivity index (χ3n) is 4.05. The van der Waals surface area contributed by atoms with Crippen LogP contribution in [0.15, 0.2) is 0 Å². The van der Waals surface area contributed by atoms with Crippen molar-refractivity contribution in [1.29, 1.82) is 0 Å². The molecule has 2 N–H and O–H groups in total. The van der Waals surface area contributed by atoms with Gasteiger partial charge in [0.15, 0.2) is 5.13 Å². The summed E-state index contributed by atoms with van der Waals surface area (Å²) in [6, 6.07) is 0.103. The van der Waals surface area contributed by atoms with Crippen LogP contribution in [-0.4, -0.2) is 18.1 Å². The molecule has 4 heteroatoms. The van der Waals surface area contributed by atoms with E-state index in [1.165, 1.54) is 42.1 Å². The SMILES string of the molecule is CCCC1CCCN(c2nc(C)c(C(C)N)s2)CC1. The van der Waals surface area contributed by atoms with Gasteiger partial charge in [0.05, 0.1) is 5.69 Å². The van der Waals surface area contributed by atoms with Gasteiger partial charge in [0.2, 0.25) is 0 Å². The van der Waals surface area contributed by atoms with E-state index in [0.717, 1.165) is 24.7 Å². The van der Waals surface area contributed by atoms with Gasteiger partial charge in [0.25, 0.3) is 0 Å². The molecule has 0 saturated carbocycles. The van der Waals surface area contributed by atoms with Crippen LogP contribution in [0.1, 0.15) is 62.6 Å². The number of nitrogens with two attached hydrogens (primary N) is 1. The first kappa shape index (κ1) is 14.8. The van der Waals surface area contributed by atoms with Gasteiger partial charge in [-0.15, -0.1) is 11.3 Å². The lowest BCUT2D eigenvalue weighted by molar-refractivity contribution is 0.435. The summed E-state index contributed by atoms with van der Waals surface area (Å²) < 4.78 is 0. The summed E-state index contributed by atoms with van der Waals surface area (Å²) in [5.41, 5.74) is 7.12. The van der Waals surface area contributed by atoms with Crippen molar-refractivity contribution in [2.75, 3.05) is 18.0 Å². The Bertz CT molecular complexity index is 400. The molecule has 1 aromatic heterocycles. The van der Waals surface area contributed by atoms with Crippen molar-refractivity contribution < 1.29 is 0 Å². The normalized spacial score (nSPS) is 22.3. The van der Waals surface area contributed by atoms with Crippen LogP contribution in [0.2, 0.25) is 0 Å². The first-order valence-electron chi connectivity index (χ1n) is 7.59. The van der Waals surface area contributed by atoms with E-state index in [1.54, 1.807) is 11.3 Å². The number of aryl methyl sites for hydroxylation is 1. The van der Waals surface area contributed by atoms with Crippen LogP contribution >= 0.6 is 11.3 Å². The van der Waals surface area contributed by atoms with E-state index >= 15 is 0 Å². The summed E-state index contributed by atoms with van der Waals surface area (Å²) in [4.78, 5) is 8.44. The molecule has 108 valence electrons. The number of rotatable bonds is 4. The summed E-state index contributed by atoms with van der Waals surface area (Å²) in [5.74, 6) is 0.920. The summed E-state index contributed by atoms with van der Waals surface area (Å²) in [7, 11) is 0. The van der Waals surface area contributed by atoms with Crippen LogP contribution in [0, 0.1) is 12.8 Å². The molecule has 2 atom stereocenters. The van der Waals surface area contributed by atoms with Crippen LogP contribution in [-0.2, 0) is 0 Å². The Morgan fingerprint density at radius 1 is 1.42 bits per heavy atom. The number of nitrogens with zero attached hydrogens (tertiary/aromatic N) is 2. The zero-order valence-electron chi connectivity index (χ0n) is 12.5. The minimum Gasteiger partial charge on any atom is -0.348 e. The molecule has 0 aromatic carbocycles. The second-order valence-electron chi connectivity index (χ2n) is 5.81. The molecule has 19 heavy (non-hydrogen) atoms. The fourth-order valence-corrected chi connectivity index (χ4v) is 4.08. The van der Waals surface area contributed by atoms with E-state index in [4.69, 9.17) is 10.7 Å². The first-order chi connectivity index (χ1) is 9.11. The number of thiazole rings is 1. The monoisotopic (exact) mass is 281 g/mol. The molecule has 3 nitrogen and oxygen atoms in total. The Morgan fingerprint density at radius 2 is 2.21 bits per heavy atom. The minimum absolute atomic E-state index is 0.103. The third kappa shape index (κ3) is 3.69. The Balaban J connectivity index is 2.04. The second-order valence-corrected chi connectivity index (χ2v) is 6.82. The smallest absolute Gasteiger partial charge is 0.185 e. The Morgan fingerprint density at radius 3 is 2.84 bits per heavy atom. The average molecular weight is 281 g/mol. The molecule has 0 aliphatic carbocycles. The number of hydrogen-bond donors (Lipinski definition) is 1. The highest BCUT2D eigenvalue weighted by atomic mass is 32.1. The van der Waals surface area contributed by atoms with Crippen molar-refractivity contribution in [2.45, 2.75) is 58.9 Å². The predicted octanol–water partition coefficient (Wildman–Crippen LogP) is 3.88. The van der Waals surface area contributed by atoms with Crippen molar-refractivity contribution in [3.63, 3.8) is 0 Å². The lowest BCUT2D eigenvalue weighted by Gasteiger charge is -2.19. The summed E-state index contributed by atoms with van der Waals surface area (Å²) in [6.45, 7) is 8.74. The highest BCUT2D eigenvalue weighted by Gasteiger charge is 2.20. The van der Waals surface area contributed by atoms with Gasteiger partial charge in [-0.05, 0) is 39.0 Å². The topological polar surface area (TPSA) is 42.2 Å². The predicted molar refractivity (Wildman–Crippen MR) is 83.9 cm³/mol. The lowest BCUT2D eigenvalue weighted by atomic mass is 9.96. The van der Waals surface area contributed by atoms with E-state index in [9.17, 15) is 0 Å². The second kappa shape index (κ2) is 6.71. The Kier molecular flexibility index (Phi) is 5.22. The van der Waals surface area contributed by atoms with Gasteiger partial charge in [0, 0.05) is 24.0 Å². The molecule has 1 saturated heterocycles. The van der Waals surface area contributed by atoms with Crippen molar-refractivity contribution >= 4 is 16.5 Å². The van der Waals surface area contributed by atoms with Gasteiger partial charge >= 0.3 is 0 Å². The van der Waals surface area contributed by atoms with Gasteiger partial charge in [0.1, 0.15) is 0 Å². The van der Waals surface area contributed by atoms with E-state index < -0.39 is 0 Å². The van der Waals surface area contributed by atoms with Crippen LogP contribution in [0.3, 0.4) is 0 Å². The van der Waals surface area contributed by atoms with Gasteiger partial charge in [-0.25, -0.2) is 4.98 Å². The maximum absolute atomic E-state index is 6.00. The Hall–Kier alpha value is -0.610. The van der Waals surface area contributed by atoms with Crippen molar-refractivity contribution in [1.82, 2.24) is 4.98 Å². The van der Waals surface area contributed by atoms with E-state index in [0.29, 0.717) is 0 Å². The Labute approximate surface area is 121 Å². The molecule has 2 heterocycles. The van der Waals surface area contributed by atoms with Gasteiger partial charge in [-0.1, -0.05) is 19.8 Å². The fourth-order valence-electron chi connectivity index (χ4n) is 3.00. The van der Waals surface area contributed by atoms with E-state index in [-0.39, 0.29) is 6.04 Å².